The number of benzene rings is 2. The van der Waals surface area contributed by atoms with Crippen molar-refractivity contribution in [2.75, 3.05) is 16.8 Å². The second kappa shape index (κ2) is 9.12. The summed E-state index contributed by atoms with van der Waals surface area (Å²) in [4.78, 5) is 38.3. The van der Waals surface area contributed by atoms with Gasteiger partial charge in [-0.05, 0) is 43.9 Å². The van der Waals surface area contributed by atoms with Gasteiger partial charge in [0, 0.05) is 19.0 Å². The van der Waals surface area contributed by atoms with E-state index in [2.05, 4.69) is 5.32 Å². The fourth-order valence-corrected chi connectivity index (χ4v) is 3.76. The largest absolute Gasteiger partial charge is 0.320 e. The number of hydrogen-bond donors (Lipinski definition) is 1. The number of hydrogen-bond acceptors (Lipinski definition) is 4. The minimum Gasteiger partial charge on any atom is -0.320 e. The summed E-state index contributed by atoms with van der Waals surface area (Å²) in [6.07, 6.45) is 5.41. The van der Waals surface area contributed by atoms with E-state index in [1.165, 1.54) is 6.07 Å². The first-order chi connectivity index (χ1) is 14.8. The third-order valence-electron chi connectivity index (χ3n) is 5.50. The minimum absolute atomic E-state index is 0.119. The van der Waals surface area contributed by atoms with Gasteiger partial charge in [-0.15, -0.1) is 0 Å². The van der Waals surface area contributed by atoms with Crippen molar-refractivity contribution in [3.63, 3.8) is 0 Å². The predicted molar refractivity (Wildman–Crippen MR) is 121 cm³/mol. The van der Waals surface area contributed by atoms with Crippen LogP contribution >= 0.6 is 0 Å². The van der Waals surface area contributed by atoms with Gasteiger partial charge in [0.1, 0.15) is 5.69 Å². The van der Waals surface area contributed by atoms with Crippen molar-refractivity contribution >= 4 is 28.9 Å². The molecule has 0 bridgehead atoms. The van der Waals surface area contributed by atoms with Gasteiger partial charge in [0.15, 0.2) is 0 Å². The maximum absolute atomic E-state index is 13.0. The van der Waals surface area contributed by atoms with Crippen molar-refractivity contribution in [2.45, 2.75) is 45.4 Å². The number of rotatable bonds is 8. The molecule has 0 aromatic heterocycles. The van der Waals surface area contributed by atoms with Crippen molar-refractivity contribution in [1.29, 1.82) is 0 Å². The number of nitro groups is 1. The average Bonchev–Trinajstić information content (AvgIpc) is 2.93. The molecule has 7 nitrogen and oxygen atoms in total. The highest BCUT2D eigenvalue weighted by molar-refractivity contribution is 6.09. The van der Waals surface area contributed by atoms with E-state index >= 15 is 0 Å². The monoisotopic (exact) mass is 421 g/mol. The number of carbonyl (C=O) groups excluding carboxylic acids is 2. The smallest absolute Gasteiger partial charge is 0.294 e. The zero-order valence-corrected chi connectivity index (χ0v) is 18.1. The molecule has 0 radical (unpaired) electrons. The maximum atomic E-state index is 13.0. The van der Waals surface area contributed by atoms with Crippen LogP contribution in [-0.4, -0.2) is 23.3 Å². The van der Waals surface area contributed by atoms with Gasteiger partial charge in [-0.1, -0.05) is 49.4 Å². The van der Waals surface area contributed by atoms with E-state index in [4.69, 9.17) is 0 Å². The van der Waals surface area contributed by atoms with Crippen molar-refractivity contribution in [1.82, 2.24) is 0 Å². The molecule has 0 aliphatic carbocycles. The second-order valence-corrected chi connectivity index (χ2v) is 8.10. The topological polar surface area (TPSA) is 92.6 Å². The number of allylic oxidation sites excluding steroid dienone is 1. The summed E-state index contributed by atoms with van der Waals surface area (Å²) in [5.41, 5.74) is 1.27. The van der Waals surface area contributed by atoms with Crippen LogP contribution in [0.25, 0.3) is 0 Å². The molecule has 1 heterocycles. The highest BCUT2D eigenvalue weighted by atomic mass is 16.6. The Hall–Kier alpha value is -3.48. The van der Waals surface area contributed by atoms with Gasteiger partial charge in [-0.2, -0.15) is 0 Å². The summed E-state index contributed by atoms with van der Waals surface area (Å²) >= 11 is 0. The van der Waals surface area contributed by atoms with Crippen LogP contribution in [0.3, 0.4) is 0 Å². The number of aryl methyl sites for hydroxylation is 1. The molecule has 162 valence electrons. The van der Waals surface area contributed by atoms with E-state index in [0.29, 0.717) is 24.2 Å². The molecule has 31 heavy (non-hydrogen) atoms. The van der Waals surface area contributed by atoms with E-state index in [9.17, 15) is 19.7 Å². The SMILES string of the molecule is CCC=CCN1C(=O)C(C)(C)c2cc(NC(=O)CCc3ccccc3)c([N+](=O)[O-])cc21. The molecular weight excluding hydrogens is 394 g/mol. The van der Waals surface area contributed by atoms with Gasteiger partial charge in [-0.3, -0.25) is 19.7 Å². The van der Waals surface area contributed by atoms with Crippen LogP contribution < -0.4 is 10.2 Å². The Morgan fingerprint density at radius 3 is 2.55 bits per heavy atom. The molecule has 0 saturated carbocycles. The lowest BCUT2D eigenvalue weighted by Gasteiger charge is -2.18. The van der Waals surface area contributed by atoms with E-state index in [-0.39, 0.29) is 29.6 Å². The number of fused-ring (bicyclic) bond motifs is 1. The summed E-state index contributed by atoms with van der Waals surface area (Å²) in [7, 11) is 0. The summed E-state index contributed by atoms with van der Waals surface area (Å²) < 4.78 is 0. The van der Waals surface area contributed by atoms with Crippen molar-refractivity contribution in [3.05, 3.63) is 75.9 Å². The van der Waals surface area contributed by atoms with Crippen molar-refractivity contribution in [3.8, 4) is 0 Å². The van der Waals surface area contributed by atoms with Crippen LogP contribution in [-0.2, 0) is 21.4 Å². The van der Waals surface area contributed by atoms with Gasteiger partial charge in [0.05, 0.1) is 16.0 Å². The van der Waals surface area contributed by atoms with Gasteiger partial charge >= 0.3 is 0 Å². The molecule has 2 aromatic rings. The number of anilines is 2. The lowest BCUT2D eigenvalue weighted by molar-refractivity contribution is -0.383. The van der Waals surface area contributed by atoms with Crippen molar-refractivity contribution in [2.24, 2.45) is 0 Å². The Morgan fingerprint density at radius 1 is 1.19 bits per heavy atom. The summed E-state index contributed by atoms with van der Waals surface area (Å²) in [6, 6.07) is 12.5. The Labute approximate surface area is 181 Å². The Balaban J connectivity index is 1.89. The summed E-state index contributed by atoms with van der Waals surface area (Å²) in [6.45, 7) is 5.94. The maximum Gasteiger partial charge on any atom is 0.294 e. The molecule has 1 aliphatic rings. The number of carbonyl (C=O) groups is 2. The first-order valence-corrected chi connectivity index (χ1v) is 10.4. The Kier molecular flexibility index (Phi) is 6.53. The standard InChI is InChI=1S/C24H27N3O4/c1-4-5-9-14-26-20-16-21(27(30)31)19(15-18(20)24(2,3)23(26)29)25-22(28)13-12-17-10-7-6-8-11-17/h5-11,15-16H,4,12-14H2,1-3H3,(H,25,28). The average molecular weight is 421 g/mol. The summed E-state index contributed by atoms with van der Waals surface area (Å²) in [5, 5.41) is 14.4. The van der Waals surface area contributed by atoms with Crippen LogP contribution in [0.1, 0.15) is 44.7 Å². The molecule has 1 aliphatic heterocycles. The highest BCUT2D eigenvalue weighted by Gasteiger charge is 2.45. The number of nitro benzene ring substituents is 1. The molecule has 0 fully saturated rings. The van der Waals surface area contributed by atoms with Crippen LogP contribution in [0, 0.1) is 10.1 Å². The molecular formula is C24H27N3O4. The van der Waals surface area contributed by atoms with Crippen LogP contribution in [0.15, 0.2) is 54.6 Å². The predicted octanol–water partition coefficient (Wildman–Crippen LogP) is 4.76. The third-order valence-corrected chi connectivity index (χ3v) is 5.50. The highest BCUT2D eigenvalue weighted by Crippen LogP contribution is 2.46. The van der Waals surface area contributed by atoms with E-state index in [1.807, 2.05) is 49.4 Å². The number of amides is 2. The quantitative estimate of drug-likeness (QED) is 0.378. The molecule has 0 saturated heterocycles. The fourth-order valence-electron chi connectivity index (χ4n) is 3.76. The molecule has 0 spiro atoms. The molecule has 1 N–H and O–H groups in total. The van der Waals surface area contributed by atoms with Crippen LogP contribution in [0.5, 0.6) is 0 Å². The van der Waals surface area contributed by atoms with E-state index in [0.717, 1.165) is 12.0 Å². The van der Waals surface area contributed by atoms with Gasteiger partial charge < -0.3 is 10.2 Å². The first kappa shape index (κ1) is 22.2. The second-order valence-electron chi connectivity index (χ2n) is 8.10. The third kappa shape index (κ3) is 4.66. The normalized spacial score (nSPS) is 14.7. The number of nitrogens with one attached hydrogen (secondary N) is 1. The zero-order chi connectivity index (χ0) is 22.6. The molecule has 0 atom stereocenters. The Bertz CT molecular complexity index is 1030. The minimum atomic E-state index is -0.839. The lowest BCUT2D eigenvalue weighted by atomic mass is 9.85. The zero-order valence-electron chi connectivity index (χ0n) is 18.1. The fraction of sp³-hybridized carbons (Fsp3) is 0.333. The summed E-state index contributed by atoms with van der Waals surface area (Å²) in [5.74, 6) is -0.429. The molecule has 2 amide bonds. The van der Waals surface area contributed by atoms with Gasteiger partial charge in [0.25, 0.3) is 5.69 Å². The molecule has 7 heteroatoms. The van der Waals surface area contributed by atoms with E-state index < -0.39 is 10.3 Å². The Morgan fingerprint density at radius 2 is 1.90 bits per heavy atom. The van der Waals surface area contributed by atoms with Gasteiger partial charge in [0.2, 0.25) is 11.8 Å². The van der Waals surface area contributed by atoms with Crippen LogP contribution in [0.2, 0.25) is 0 Å². The number of nitrogens with zero attached hydrogens (tertiary/aromatic N) is 2. The lowest BCUT2D eigenvalue weighted by Crippen LogP contribution is -2.36. The molecule has 3 rings (SSSR count). The first-order valence-electron chi connectivity index (χ1n) is 10.4. The molecule has 0 unspecified atom stereocenters. The van der Waals surface area contributed by atoms with Crippen molar-refractivity contribution < 1.29 is 14.5 Å². The van der Waals surface area contributed by atoms with E-state index in [1.54, 1.807) is 24.8 Å². The molecule has 2 aromatic carbocycles. The van der Waals surface area contributed by atoms with Gasteiger partial charge in [-0.25, -0.2) is 0 Å². The van der Waals surface area contributed by atoms with Crippen LogP contribution in [0.4, 0.5) is 17.1 Å².